The molecule has 0 saturated heterocycles. The summed E-state index contributed by atoms with van der Waals surface area (Å²) in [4.78, 5) is 0. The minimum absolute atomic E-state index is 0.153. The summed E-state index contributed by atoms with van der Waals surface area (Å²) in [6.45, 7) is 0.946. The molecule has 3 heteroatoms. The minimum Gasteiger partial charge on any atom is -0.377 e. The van der Waals surface area contributed by atoms with Crippen molar-refractivity contribution in [1.29, 1.82) is 0 Å². The van der Waals surface area contributed by atoms with Crippen LogP contribution in [0.15, 0.2) is 24.3 Å². The second-order valence-electron chi connectivity index (χ2n) is 3.17. The average molecular weight is 214 g/mol. The number of rotatable bonds is 5. The fraction of sp³-hybridized carbons (Fsp3) is 0.455. The van der Waals surface area contributed by atoms with Gasteiger partial charge in [0, 0.05) is 12.1 Å². The van der Waals surface area contributed by atoms with Gasteiger partial charge in [0.2, 0.25) is 0 Å². The van der Waals surface area contributed by atoms with E-state index in [9.17, 15) is 0 Å². The molecule has 0 aliphatic rings. The van der Waals surface area contributed by atoms with Crippen molar-refractivity contribution < 1.29 is 4.74 Å². The zero-order chi connectivity index (χ0) is 10.4. The monoisotopic (exact) mass is 213 g/mol. The van der Waals surface area contributed by atoms with Gasteiger partial charge in [-0.2, -0.15) is 0 Å². The molecule has 78 valence electrons. The number of nitrogens with one attached hydrogen (secondary N) is 1. The quantitative estimate of drug-likeness (QED) is 0.812. The lowest BCUT2D eigenvalue weighted by Gasteiger charge is -2.15. The van der Waals surface area contributed by atoms with E-state index in [0.717, 1.165) is 18.0 Å². The van der Waals surface area contributed by atoms with Gasteiger partial charge in [-0.1, -0.05) is 23.7 Å². The Morgan fingerprint density at radius 3 is 2.50 bits per heavy atom. The largest absolute Gasteiger partial charge is 0.377 e. The SMILES string of the molecule is CNCCC(OC)c1ccc(Cl)cc1. The molecule has 1 N–H and O–H groups in total. The molecule has 1 unspecified atom stereocenters. The third-order valence-electron chi connectivity index (χ3n) is 2.18. The van der Waals surface area contributed by atoms with Crippen molar-refractivity contribution in [1.82, 2.24) is 5.32 Å². The maximum Gasteiger partial charge on any atom is 0.0833 e. The maximum atomic E-state index is 5.81. The fourth-order valence-corrected chi connectivity index (χ4v) is 1.50. The van der Waals surface area contributed by atoms with Crippen molar-refractivity contribution in [3.05, 3.63) is 34.9 Å². The van der Waals surface area contributed by atoms with E-state index in [-0.39, 0.29) is 6.10 Å². The highest BCUT2D eigenvalue weighted by atomic mass is 35.5. The molecule has 0 spiro atoms. The molecule has 1 atom stereocenters. The van der Waals surface area contributed by atoms with Crippen LogP contribution >= 0.6 is 11.6 Å². The number of hydrogen-bond donors (Lipinski definition) is 1. The number of benzene rings is 1. The van der Waals surface area contributed by atoms with E-state index in [1.807, 2.05) is 31.3 Å². The van der Waals surface area contributed by atoms with Gasteiger partial charge in [-0.15, -0.1) is 0 Å². The van der Waals surface area contributed by atoms with Gasteiger partial charge >= 0.3 is 0 Å². The molecule has 1 aromatic rings. The topological polar surface area (TPSA) is 21.3 Å². The van der Waals surface area contributed by atoms with Crippen LogP contribution in [-0.4, -0.2) is 20.7 Å². The Morgan fingerprint density at radius 1 is 1.36 bits per heavy atom. The summed E-state index contributed by atoms with van der Waals surface area (Å²) in [5.74, 6) is 0. The van der Waals surface area contributed by atoms with E-state index in [2.05, 4.69) is 5.32 Å². The van der Waals surface area contributed by atoms with Crippen molar-refractivity contribution in [2.24, 2.45) is 0 Å². The smallest absolute Gasteiger partial charge is 0.0833 e. The Hall–Kier alpha value is -0.570. The van der Waals surface area contributed by atoms with Crippen LogP contribution in [0, 0.1) is 0 Å². The van der Waals surface area contributed by atoms with E-state index in [4.69, 9.17) is 16.3 Å². The molecule has 1 aromatic carbocycles. The minimum atomic E-state index is 0.153. The van der Waals surface area contributed by atoms with Gasteiger partial charge in [0.1, 0.15) is 0 Å². The van der Waals surface area contributed by atoms with E-state index < -0.39 is 0 Å². The second-order valence-corrected chi connectivity index (χ2v) is 3.60. The van der Waals surface area contributed by atoms with Gasteiger partial charge in [0.25, 0.3) is 0 Å². The summed E-state index contributed by atoms with van der Waals surface area (Å²) in [7, 11) is 3.67. The van der Waals surface area contributed by atoms with Crippen LogP contribution in [0.5, 0.6) is 0 Å². The first kappa shape index (κ1) is 11.5. The Morgan fingerprint density at radius 2 is 2.00 bits per heavy atom. The highest BCUT2D eigenvalue weighted by molar-refractivity contribution is 6.30. The highest BCUT2D eigenvalue weighted by Gasteiger charge is 2.08. The Labute approximate surface area is 90.2 Å². The van der Waals surface area contributed by atoms with Gasteiger partial charge in [-0.05, 0) is 37.7 Å². The molecule has 1 rings (SSSR count). The molecule has 0 aliphatic carbocycles. The number of halogens is 1. The number of ether oxygens (including phenoxy) is 1. The third-order valence-corrected chi connectivity index (χ3v) is 2.43. The zero-order valence-electron chi connectivity index (χ0n) is 8.59. The van der Waals surface area contributed by atoms with E-state index in [1.54, 1.807) is 7.11 Å². The van der Waals surface area contributed by atoms with E-state index >= 15 is 0 Å². The standard InChI is InChI=1S/C11H16ClNO/c1-13-8-7-11(14-2)9-3-5-10(12)6-4-9/h3-6,11,13H,7-8H2,1-2H3. The molecule has 0 radical (unpaired) electrons. The van der Waals surface area contributed by atoms with Gasteiger partial charge < -0.3 is 10.1 Å². The summed E-state index contributed by atoms with van der Waals surface area (Å²) in [5.41, 5.74) is 1.17. The lowest BCUT2D eigenvalue weighted by atomic mass is 10.1. The first-order chi connectivity index (χ1) is 6.77. The van der Waals surface area contributed by atoms with E-state index in [0.29, 0.717) is 0 Å². The fourth-order valence-electron chi connectivity index (χ4n) is 1.37. The van der Waals surface area contributed by atoms with E-state index in [1.165, 1.54) is 5.56 Å². The van der Waals surface area contributed by atoms with Crippen LogP contribution in [0.1, 0.15) is 18.1 Å². The summed E-state index contributed by atoms with van der Waals surface area (Å²) >= 11 is 5.81. The van der Waals surface area contributed by atoms with Crippen LogP contribution in [0.4, 0.5) is 0 Å². The molecule has 0 saturated carbocycles. The summed E-state index contributed by atoms with van der Waals surface area (Å²) in [6.07, 6.45) is 1.12. The van der Waals surface area contributed by atoms with Crippen LogP contribution in [0.25, 0.3) is 0 Å². The second kappa shape index (κ2) is 6.02. The van der Waals surface area contributed by atoms with Gasteiger partial charge in [-0.3, -0.25) is 0 Å². The van der Waals surface area contributed by atoms with Crippen LogP contribution in [0.3, 0.4) is 0 Å². The average Bonchev–Trinajstić information content (AvgIpc) is 2.21. The van der Waals surface area contributed by atoms with Crippen LogP contribution < -0.4 is 5.32 Å². The molecule has 0 fully saturated rings. The number of hydrogen-bond acceptors (Lipinski definition) is 2. The maximum absolute atomic E-state index is 5.81. The molecule has 14 heavy (non-hydrogen) atoms. The summed E-state index contributed by atoms with van der Waals surface area (Å²) in [6, 6.07) is 7.79. The Bertz CT molecular complexity index is 260. The van der Waals surface area contributed by atoms with Crippen molar-refractivity contribution in [3.63, 3.8) is 0 Å². The first-order valence-electron chi connectivity index (χ1n) is 4.70. The predicted octanol–water partition coefficient (Wildman–Crippen LogP) is 2.64. The van der Waals surface area contributed by atoms with Gasteiger partial charge in [-0.25, -0.2) is 0 Å². The summed E-state index contributed by atoms with van der Waals surface area (Å²) < 4.78 is 5.40. The molecule has 0 amide bonds. The predicted molar refractivity (Wildman–Crippen MR) is 59.7 cm³/mol. The molecular weight excluding hydrogens is 198 g/mol. The van der Waals surface area contributed by atoms with Gasteiger partial charge in [0.15, 0.2) is 0 Å². The van der Waals surface area contributed by atoms with Crippen LogP contribution in [-0.2, 0) is 4.74 Å². The van der Waals surface area contributed by atoms with Gasteiger partial charge in [0.05, 0.1) is 6.10 Å². The molecule has 0 heterocycles. The third kappa shape index (κ3) is 3.29. The lowest BCUT2D eigenvalue weighted by Crippen LogP contribution is -2.13. The first-order valence-corrected chi connectivity index (χ1v) is 5.08. The Balaban J connectivity index is 2.64. The summed E-state index contributed by atoms with van der Waals surface area (Å²) in [5, 5.41) is 3.87. The van der Waals surface area contributed by atoms with Crippen LogP contribution in [0.2, 0.25) is 5.02 Å². The lowest BCUT2D eigenvalue weighted by molar-refractivity contribution is 0.0961. The molecule has 0 aromatic heterocycles. The molecule has 2 nitrogen and oxygen atoms in total. The number of methoxy groups -OCH3 is 1. The molecule has 0 bridgehead atoms. The zero-order valence-corrected chi connectivity index (χ0v) is 9.34. The van der Waals surface area contributed by atoms with Crippen molar-refractivity contribution in [2.45, 2.75) is 12.5 Å². The normalized spacial score (nSPS) is 12.8. The van der Waals surface area contributed by atoms with Crippen molar-refractivity contribution in [2.75, 3.05) is 20.7 Å². The van der Waals surface area contributed by atoms with Crippen molar-refractivity contribution in [3.8, 4) is 0 Å². The molecular formula is C11H16ClNO. The Kier molecular flexibility index (Phi) is 4.94. The highest BCUT2D eigenvalue weighted by Crippen LogP contribution is 2.21. The molecule has 0 aliphatic heterocycles. The van der Waals surface area contributed by atoms with Crippen molar-refractivity contribution >= 4 is 11.6 Å².